The number of fused-ring (bicyclic) bond motifs is 2. The molecule has 2 heterocycles. The Bertz CT molecular complexity index is 1920. The maximum Gasteiger partial charge on any atom is 0.197 e. The number of hydrogen-bond donors (Lipinski definition) is 5. The monoisotopic (exact) mass is 554 g/mol. The molecule has 0 spiro atoms. The van der Waals surface area contributed by atoms with Gasteiger partial charge in [-0.05, 0) is 42.0 Å². The Labute approximate surface area is 231 Å². The van der Waals surface area contributed by atoms with E-state index in [0.717, 1.165) is 6.07 Å². The molecular weight excluding hydrogens is 532 g/mol. The van der Waals surface area contributed by atoms with Crippen molar-refractivity contribution in [1.29, 1.82) is 0 Å². The second-order valence-electron chi connectivity index (χ2n) is 9.55. The van der Waals surface area contributed by atoms with Crippen molar-refractivity contribution in [3.05, 3.63) is 88.1 Å². The van der Waals surface area contributed by atoms with Crippen LogP contribution in [0.4, 0.5) is 0 Å². The highest BCUT2D eigenvalue weighted by atomic mass is 16.5. The van der Waals surface area contributed by atoms with E-state index < -0.39 is 23.0 Å². The Balaban J connectivity index is 1.51. The smallest absolute Gasteiger partial charge is 0.197 e. The number of hydrogen-bond acceptors (Lipinski definition) is 10. The third-order valence-corrected chi connectivity index (χ3v) is 6.98. The Kier molecular flexibility index (Phi) is 5.95. The summed E-state index contributed by atoms with van der Waals surface area (Å²) in [5, 5.41) is 52.0. The van der Waals surface area contributed by atoms with Crippen molar-refractivity contribution in [2.24, 2.45) is 0 Å². The average Bonchev–Trinajstić information content (AvgIpc) is 2.93. The van der Waals surface area contributed by atoms with Crippen molar-refractivity contribution in [2.45, 2.75) is 12.5 Å². The first-order chi connectivity index (χ1) is 19.6. The molecule has 1 atom stereocenters. The molecule has 0 aliphatic carbocycles. The normalized spacial score (nSPS) is 14.5. The van der Waals surface area contributed by atoms with Gasteiger partial charge in [0.15, 0.2) is 16.8 Å². The topological polar surface area (TPSA) is 167 Å². The standard InChI is InChI=1S/C31H22O10/c1-39-17-9-20(34)29-23(37)12-26(40-27(29)10-17)15-4-7-19(33)18(8-15)28-21(35)11-22(36)30-24(38)13-25(41-31(28)30)14-2-5-16(32)6-3-14/h2-11,13,26,32-36H,12H2,1H3/t26-/m0/s1. The zero-order valence-corrected chi connectivity index (χ0v) is 21.4. The molecule has 5 N–H and O–H groups in total. The predicted octanol–water partition coefficient (Wildman–Crippen LogP) is 5.37. The molecule has 41 heavy (non-hydrogen) atoms. The van der Waals surface area contributed by atoms with Gasteiger partial charge in [-0.15, -0.1) is 0 Å². The van der Waals surface area contributed by atoms with Crippen molar-refractivity contribution < 1.29 is 44.2 Å². The van der Waals surface area contributed by atoms with Crippen LogP contribution >= 0.6 is 0 Å². The number of ketones is 1. The number of phenolic OH excluding ortho intramolecular Hbond substituents is 5. The maximum atomic E-state index is 13.1. The van der Waals surface area contributed by atoms with Gasteiger partial charge in [-0.1, -0.05) is 6.07 Å². The summed E-state index contributed by atoms with van der Waals surface area (Å²) in [6.07, 6.45) is -0.953. The number of aromatic hydroxyl groups is 5. The zero-order chi connectivity index (χ0) is 29.0. The number of methoxy groups -OCH3 is 1. The number of benzene rings is 4. The first-order valence-electron chi connectivity index (χ1n) is 12.4. The van der Waals surface area contributed by atoms with Gasteiger partial charge in [0.2, 0.25) is 0 Å². The first-order valence-corrected chi connectivity index (χ1v) is 12.4. The summed E-state index contributed by atoms with van der Waals surface area (Å²) in [7, 11) is 1.41. The highest BCUT2D eigenvalue weighted by Crippen LogP contribution is 2.47. The molecule has 1 aromatic heterocycles. The van der Waals surface area contributed by atoms with Gasteiger partial charge in [-0.25, -0.2) is 0 Å². The summed E-state index contributed by atoms with van der Waals surface area (Å²) in [5.41, 5.74) is 0.105. The molecule has 4 aromatic carbocycles. The van der Waals surface area contributed by atoms with E-state index in [4.69, 9.17) is 13.9 Å². The third kappa shape index (κ3) is 4.31. The molecule has 0 unspecified atom stereocenters. The number of phenols is 5. The van der Waals surface area contributed by atoms with Crippen LogP contribution in [0.3, 0.4) is 0 Å². The molecule has 5 aromatic rings. The van der Waals surface area contributed by atoms with E-state index in [1.165, 1.54) is 61.7 Å². The summed E-state index contributed by atoms with van der Waals surface area (Å²) >= 11 is 0. The Morgan fingerprint density at radius 3 is 2.24 bits per heavy atom. The van der Waals surface area contributed by atoms with E-state index in [1.807, 2.05) is 0 Å². The summed E-state index contributed by atoms with van der Waals surface area (Å²) in [6.45, 7) is 0. The van der Waals surface area contributed by atoms with E-state index in [-0.39, 0.29) is 68.6 Å². The fourth-order valence-electron chi connectivity index (χ4n) is 5.00. The molecule has 0 saturated heterocycles. The van der Waals surface area contributed by atoms with Gasteiger partial charge in [0.05, 0.1) is 19.1 Å². The van der Waals surface area contributed by atoms with Gasteiger partial charge < -0.3 is 39.4 Å². The lowest BCUT2D eigenvalue weighted by atomic mass is 9.92. The molecular formula is C31H22O10. The molecule has 0 saturated carbocycles. The van der Waals surface area contributed by atoms with Crippen LogP contribution in [0.25, 0.3) is 33.4 Å². The van der Waals surface area contributed by atoms with Gasteiger partial charge in [0.25, 0.3) is 0 Å². The Hall–Kier alpha value is -5.64. The molecule has 10 heteroatoms. The van der Waals surface area contributed by atoms with Gasteiger partial charge in [-0.2, -0.15) is 0 Å². The molecule has 0 fully saturated rings. The quantitative estimate of drug-likeness (QED) is 0.195. The van der Waals surface area contributed by atoms with Crippen LogP contribution in [0.5, 0.6) is 40.2 Å². The fourth-order valence-corrected chi connectivity index (χ4v) is 5.00. The minimum Gasteiger partial charge on any atom is -0.508 e. The number of carbonyl (C=O) groups is 1. The van der Waals surface area contributed by atoms with E-state index in [0.29, 0.717) is 16.9 Å². The van der Waals surface area contributed by atoms with E-state index >= 15 is 0 Å². The minimum absolute atomic E-state index is 0.00861. The van der Waals surface area contributed by atoms with Crippen LogP contribution in [0.1, 0.15) is 28.4 Å². The number of Topliss-reactive ketones (excluding diaryl/α,β-unsaturated/α-hetero) is 1. The number of rotatable bonds is 4. The van der Waals surface area contributed by atoms with E-state index in [9.17, 15) is 35.1 Å². The van der Waals surface area contributed by atoms with Gasteiger partial charge in [-0.3, -0.25) is 9.59 Å². The largest absolute Gasteiger partial charge is 0.508 e. The summed E-state index contributed by atoms with van der Waals surface area (Å²) in [4.78, 5) is 26.0. The van der Waals surface area contributed by atoms with Crippen LogP contribution in [-0.4, -0.2) is 38.4 Å². The number of ether oxygens (including phenoxy) is 2. The highest BCUT2D eigenvalue weighted by molar-refractivity contribution is 6.03. The van der Waals surface area contributed by atoms with Crippen LogP contribution in [0, 0.1) is 0 Å². The molecule has 206 valence electrons. The lowest BCUT2D eigenvalue weighted by Gasteiger charge is -2.27. The lowest BCUT2D eigenvalue weighted by molar-refractivity contribution is 0.0844. The van der Waals surface area contributed by atoms with Gasteiger partial charge in [0, 0.05) is 35.4 Å². The van der Waals surface area contributed by atoms with Crippen molar-refractivity contribution in [1.82, 2.24) is 0 Å². The molecule has 1 aliphatic heterocycles. The molecule has 10 nitrogen and oxygen atoms in total. The molecule has 6 rings (SSSR count). The second-order valence-corrected chi connectivity index (χ2v) is 9.55. The predicted molar refractivity (Wildman–Crippen MR) is 147 cm³/mol. The zero-order valence-electron chi connectivity index (χ0n) is 21.4. The van der Waals surface area contributed by atoms with E-state index in [2.05, 4.69) is 0 Å². The Morgan fingerprint density at radius 2 is 1.51 bits per heavy atom. The second kappa shape index (κ2) is 9.53. The van der Waals surface area contributed by atoms with Crippen molar-refractivity contribution in [3.8, 4) is 62.7 Å². The van der Waals surface area contributed by atoms with Gasteiger partial charge >= 0.3 is 0 Å². The highest BCUT2D eigenvalue weighted by Gasteiger charge is 2.32. The average molecular weight is 555 g/mol. The maximum absolute atomic E-state index is 13.1. The number of carbonyl (C=O) groups excluding carboxylic acids is 1. The lowest BCUT2D eigenvalue weighted by Crippen LogP contribution is -2.20. The van der Waals surface area contributed by atoms with Crippen LogP contribution < -0.4 is 14.9 Å². The molecule has 1 aliphatic rings. The van der Waals surface area contributed by atoms with Gasteiger partial charge in [0.1, 0.15) is 63.1 Å². The molecule has 0 bridgehead atoms. The van der Waals surface area contributed by atoms with Crippen LogP contribution in [0.2, 0.25) is 0 Å². The van der Waals surface area contributed by atoms with Crippen LogP contribution in [0.15, 0.2) is 75.9 Å². The first kappa shape index (κ1) is 25.6. The van der Waals surface area contributed by atoms with E-state index in [1.54, 1.807) is 6.07 Å². The third-order valence-electron chi connectivity index (χ3n) is 6.98. The summed E-state index contributed by atoms with van der Waals surface area (Å²) < 4.78 is 17.2. The Morgan fingerprint density at radius 1 is 0.780 bits per heavy atom. The fraction of sp³-hybridized carbons (Fsp3) is 0.0968. The molecule has 0 radical (unpaired) electrons. The SMILES string of the molecule is COc1cc(O)c2c(c1)O[C@H](c1ccc(O)c(-c3c(O)cc(O)c4c(=O)cc(-c5ccc(O)cc5)oc34)c1)CC2=O. The molecule has 0 amide bonds. The van der Waals surface area contributed by atoms with Crippen molar-refractivity contribution in [3.63, 3.8) is 0 Å². The van der Waals surface area contributed by atoms with Crippen LogP contribution in [-0.2, 0) is 0 Å². The van der Waals surface area contributed by atoms with Crippen molar-refractivity contribution in [2.75, 3.05) is 7.11 Å². The minimum atomic E-state index is -0.828. The summed E-state index contributed by atoms with van der Waals surface area (Å²) in [5.74, 6) is -1.40. The summed E-state index contributed by atoms with van der Waals surface area (Å²) in [6, 6.07) is 15.2. The van der Waals surface area contributed by atoms with Crippen molar-refractivity contribution >= 4 is 16.8 Å².